The molecule has 2 aromatic rings. The highest BCUT2D eigenvalue weighted by Gasteiger charge is 2.00. The molecule has 0 amide bonds. The smallest absolute Gasteiger partial charge is 0.336 e. The van der Waals surface area contributed by atoms with Crippen LogP contribution >= 0.6 is 37.2 Å². The second kappa shape index (κ2) is 6.63. The molecule has 16 heavy (non-hydrogen) atoms. The number of anilines is 1. The summed E-state index contributed by atoms with van der Waals surface area (Å²) >= 11 is 0. The average molecular weight is 285 g/mol. The molecule has 0 unspecified atom stereocenters. The Kier molecular flexibility index (Phi) is 7.25. The molecule has 3 nitrogen and oxygen atoms in total. The zero-order valence-corrected chi connectivity index (χ0v) is 10.9. The van der Waals surface area contributed by atoms with Gasteiger partial charge in [-0.25, -0.2) is 4.79 Å². The molecule has 0 saturated heterocycles. The monoisotopic (exact) mass is 283 g/mol. The van der Waals surface area contributed by atoms with Crippen LogP contribution in [0.3, 0.4) is 0 Å². The average Bonchev–Trinajstić information content (AvgIpc) is 2.02. The minimum absolute atomic E-state index is 0. The molecule has 0 radical (unpaired) electrons. The molecule has 6 heteroatoms. The number of hydrogen-bond donors (Lipinski definition) is 1. The fraction of sp³-hybridized carbons (Fsp3) is 0.100. The Morgan fingerprint density at radius 2 is 1.75 bits per heavy atom. The van der Waals surface area contributed by atoms with Gasteiger partial charge in [0.2, 0.25) is 0 Å². The lowest BCUT2D eigenvalue weighted by atomic mass is 10.1. The van der Waals surface area contributed by atoms with E-state index in [1.807, 2.05) is 13.0 Å². The molecule has 0 fully saturated rings. The largest absolute Gasteiger partial charge is 0.423 e. The Hall–Kier alpha value is -0.900. The Morgan fingerprint density at radius 3 is 2.38 bits per heavy atom. The maximum atomic E-state index is 11.0. The minimum atomic E-state index is -0.337. The van der Waals surface area contributed by atoms with E-state index in [2.05, 4.69) is 0 Å². The van der Waals surface area contributed by atoms with Gasteiger partial charge in [0.1, 0.15) is 5.58 Å². The summed E-state index contributed by atoms with van der Waals surface area (Å²) < 4.78 is 4.99. The maximum absolute atomic E-state index is 11.0. The summed E-state index contributed by atoms with van der Waals surface area (Å²) in [7, 11) is 0. The molecule has 0 aliphatic heterocycles. The molecule has 1 aromatic heterocycles. The minimum Gasteiger partial charge on any atom is -0.423 e. The van der Waals surface area contributed by atoms with Gasteiger partial charge in [0, 0.05) is 23.2 Å². The van der Waals surface area contributed by atoms with Crippen LogP contribution in [-0.2, 0) is 0 Å². The normalized spacial score (nSPS) is 8.56. The van der Waals surface area contributed by atoms with E-state index >= 15 is 0 Å². The molecule has 2 N–H and O–H groups in total. The van der Waals surface area contributed by atoms with Crippen molar-refractivity contribution in [1.29, 1.82) is 0 Å². The SMILES string of the molecule is Cc1cc(=O)oc2cc(N)ccc12.Cl.Cl.Cl. The van der Waals surface area contributed by atoms with Crippen LogP contribution in [0.1, 0.15) is 5.56 Å². The molecule has 0 saturated carbocycles. The van der Waals surface area contributed by atoms with E-state index in [4.69, 9.17) is 10.2 Å². The number of halogens is 3. The molecule has 0 atom stereocenters. The second-order valence-electron chi connectivity index (χ2n) is 3.00. The summed E-state index contributed by atoms with van der Waals surface area (Å²) in [6.07, 6.45) is 0. The van der Waals surface area contributed by atoms with Crippen molar-refractivity contribution in [3.8, 4) is 0 Å². The van der Waals surface area contributed by atoms with Crippen molar-refractivity contribution in [1.82, 2.24) is 0 Å². The summed E-state index contributed by atoms with van der Waals surface area (Å²) in [6, 6.07) is 6.76. The van der Waals surface area contributed by atoms with E-state index in [-0.39, 0.29) is 42.8 Å². The predicted molar refractivity (Wildman–Crippen MR) is 73.4 cm³/mol. The summed E-state index contributed by atoms with van der Waals surface area (Å²) in [5, 5.41) is 0.925. The fourth-order valence-electron chi connectivity index (χ4n) is 1.34. The Labute approximate surface area is 111 Å². The van der Waals surface area contributed by atoms with Gasteiger partial charge < -0.3 is 10.2 Å². The van der Waals surface area contributed by atoms with Crippen LogP contribution in [0, 0.1) is 6.92 Å². The van der Waals surface area contributed by atoms with Crippen LogP contribution in [0.25, 0.3) is 11.0 Å². The van der Waals surface area contributed by atoms with Crippen LogP contribution in [0.2, 0.25) is 0 Å². The first-order valence-electron chi connectivity index (χ1n) is 3.97. The lowest BCUT2D eigenvalue weighted by molar-refractivity contribution is 0.560. The van der Waals surface area contributed by atoms with Crippen molar-refractivity contribution in [3.63, 3.8) is 0 Å². The Bertz CT molecular complexity index is 525. The predicted octanol–water partition coefficient (Wildman–Crippen LogP) is 2.95. The van der Waals surface area contributed by atoms with Crippen molar-refractivity contribution in [2.24, 2.45) is 0 Å². The van der Waals surface area contributed by atoms with E-state index < -0.39 is 0 Å². The first kappa shape index (κ1) is 17.5. The van der Waals surface area contributed by atoms with Crippen LogP contribution in [0.15, 0.2) is 33.5 Å². The third-order valence-corrected chi connectivity index (χ3v) is 1.98. The van der Waals surface area contributed by atoms with Gasteiger partial charge in [0.15, 0.2) is 0 Å². The van der Waals surface area contributed by atoms with Crippen LogP contribution in [-0.4, -0.2) is 0 Å². The lowest BCUT2D eigenvalue weighted by Crippen LogP contribution is -1.98. The van der Waals surface area contributed by atoms with Gasteiger partial charge >= 0.3 is 5.63 Å². The van der Waals surface area contributed by atoms with Crippen LogP contribution in [0.5, 0.6) is 0 Å². The highest BCUT2D eigenvalue weighted by atomic mass is 35.5. The van der Waals surface area contributed by atoms with E-state index in [1.54, 1.807) is 12.1 Å². The molecule has 2 rings (SSSR count). The lowest BCUT2D eigenvalue weighted by Gasteiger charge is -2.00. The number of hydrogen-bond acceptors (Lipinski definition) is 3. The highest BCUT2D eigenvalue weighted by molar-refractivity contribution is 5.86. The van der Waals surface area contributed by atoms with E-state index in [0.29, 0.717) is 11.3 Å². The zero-order chi connectivity index (χ0) is 9.42. The van der Waals surface area contributed by atoms with Gasteiger partial charge in [-0.1, -0.05) is 0 Å². The molecular weight excluding hydrogens is 272 g/mol. The van der Waals surface area contributed by atoms with Crippen LogP contribution in [0.4, 0.5) is 5.69 Å². The fourth-order valence-corrected chi connectivity index (χ4v) is 1.34. The quantitative estimate of drug-likeness (QED) is 0.598. The third-order valence-electron chi connectivity index (χ3n) is 1.98. The van der Waals surface area contributed by atoms with Crippen molar-refractivity contribution in [3.05, 3.63) is 40.2 Å². The van der Waals surface area contributed by atoms with Crippen LogP contribution < -0.4 is 11.4 Å². The van der Waals surface area contributed by atoms with Crippen molar-refractivity contribution < 1.29 is 4.42 Å². The molecule has 0 bridgehead atoms. The highest BCUT2D eigenvalue weighted by Crippen LogP contribution is 2.18. The molecule has 1 aromatic carbocycles. The molecule has 0 aliphatic carbocycles. The Morgan fingerprint density at radius 1 is 1.12 bits per heavy atom. The summed E-state index contributed by atoms with van der Waals surface area (Å²) in [5.74, 6) is 0. The standard InChI is InChI=1S/C10H9NO2.3ClH/c1-6-4-10(12)13-9-5-7(11)2-3-8(6)9;;;/h2-5H,11H2,1H3;3*1H. The number of fused-ring (bicyclic) bond motifs is 1. The number of aryl methyl sites for hydroxylation is 1. The van der Waals surface area contributed by atoms with Crippen molar-refractivity contribution >= 4 is 53.9 Å². The van der Waals surface area contributed by atoms with Gasteiger partial charge in [-0.15, -0.1) is 37.2 Å². The van der Waals surface area contributed by atoms with Crippen molar-refractivity contribution in [2.45, 2.75) is 6.92 Å². The first-order valence-corrected chi connectivity index (χ1v) is 3.97. The molecule has 0 spiro atoms. The number of nitrogen functional groups attached to an aromatic ring is 1. The zero-order valence-electron chi connectivity index (χ0n) is 8.43. The summed E-state index contributed by atoms with van der Waals surface area (Å²) in [5.41, 5.74) is 7.28. The summed E-state index contributed by atoms with van der Waals surface area (Å²) in [4.78, 5) is 11.0. The van der Waals surface area contributed by atoms with E-state index in [1.165, 1.54) is 6.07 Å². The third kappa shape index (κ3) is 3.30. The van der Waals surface area contributed by atoms with Gasteiger partial charge in [0.05, 0.1) is 0 Å². The topological polar surface area (TPSA) is 56.2 Å². The molecular formula is C10H12Cl3NO2. The van der Waals surface area contributed by atoms with Crippen molar-refractivity contribution in [2.75, 3.05) is 5.73 Å². The Balaban J connectivity index is 0. The molecule has 1 heterocycles. The number of rotatable bonds is 0. The number of benzene rings is 1. The maximum Gasteiger partial charge on any atom is 0.336 e. The van der Waals surface area contributed by atoms with E-state index in [0.717, 1.165) is 10.9 Å². The van der Waals surface area contributed by atoms with Gasteiger partial charge in [-0.3, -0.25) is 0 Å². The van der Waals surface area contributed by atoms with Gasteiger partial charge in [0.25, 0.3) is 0 Å². The van der Waals surface area contributed by atoms with E-state index in [9.17, 15) is 4.79 Å². The summed E-state index contributed by atoms with van der Waals surface area (Å²) in [6.45, 7) is 1.87. The number of nitrogens with two attached hydrogens (primary N) is 1. The first-order chi connectivity index (χ1) is 6.16. The molecule has 90 valence electrons. The van der Waals surface area contributed by atoms with Gasteiger partial charge in [-0.05, 0) is 24.6 Å². The molecule has 0 aliphatic rings. The van der Waals surface area contributed by atoms with Gasteiger partial charge in [-0.2, -0.15) is 0 Å². The second-order valence-corrected chi connectivity index (χ2v) is 3.00.